The monoisotopic (exact) mass is 283 g/mol. The number of rotatable bonds is 3. The number of halogens is 1. The predicted molar refractivity (Wildman–Crippen MR) is 83.7 cm³/mol. The number of hydrogen-bond acceptors (Lipinski definition) is 3. The van der Waals surface area contributed by atoms with Crippen molar-refractivity contribution in [2.45, 2.75) is 13.3 Å². The number of benzene rings is 2. The molecule has 1 heterocycles. The summed E-state index contributed by atoms with van der Waals surface area (Å²) in [5.41, 5.74) is 3.13. The number of para-hydroxylation sites is 2. The zero-order valence-corrected chi connectivity index (χ0v) is 11.9. The second-order valence-corrected chi connectivity index (χ2v) is 4.83. The van der Waals surface area contributed by atoms with Gasteiger partial charge in [0.1, 0.15) is 5.82 Å². The van der Waals surface area contributed by atoms with Crippen molar-refractivity contribution in [2.75, 3.05) is 5.32 Å². The summed E-state index contributed by atoms with van der Waals surface area (Å²) in [6, 6.07) is 16.0. The third-order valence-corrected chi connectivity index (χ3v) is 3.40. The van der Waals surface area contributed by atoms with Crippen LogP contribution in [0.3, 0.4) is 0 Å². The van der Waals surface area contributed by atoms with Crippen LogP contribution in [0.15, 0.2) is 48.5 Å². The fourth-order valence-electron chi connectivity index (χ4n) is 2.22. The SMILES string of the molecule is CCc1ccccc1Nc1nc(Cl)nc2ccccc12. The van der Waals surface area contributed by atoms with Crippen LogP contribution in [-0.2, 0) is 6.42 Å². The van der Waals surface area contributed by atoms with Gasteiger partial charge in [-0.3, -0.25) is 0 Å². The standard InChI is InChI=1S/C16H14ClN3/c1-2-11-7-3-5-9-13(11)18-15-12-8-4-6-10-14(12)19-16(17)20-15/h3-10H,2H2,1H3,(H,18,19,20). The fourth-order valence-corrected chi connectivity index (χ4v) is 2.40. The normalized spacial score (nSPS) is 10.7. The molecule has 0 unspecified atom stereocenters. The molecule has 4 heteroatoms. The van der Waals surface area contributed by atoms with Crippen molar-refractivity contribution in [2.24, 2.45) is 0 Å². The lowest BCUT2D eigenvalue weighted by molar-refractivity contribution is 1.13. The van der Waals surface area contributed by atoms with Crippen LogP contribution in [0.4, 0.5) is 11.5 Å². The molecular formula is C16H14ClN3. The summed E-state index contributed by atoms with van der Waals surface area (Å²) in [7, 11) is 0. The maximum atomic E-state index is 6.00. The first-order valence-corrected chi connectivity index (χ1v) is 6.93. The van der Waals surface area contributed by atoms with Gasteiger partial charge in [0.15, 0.2) is 0 Å². The van der Waals surface area contributed by atoms with E-state index in [4.69, 9.17) is 11.6 Å². The zero-order chi connectivity index (χ0) is 13.9. The Bertz CT molecular complexity index is 756. The molecule has 3 nitrogen and oxygen atoms in total. The lowest BCUT2D eigenvalue weighted by Crippen LogP contribution is -1.99. The van der Waals surface area contributed by atoms with Crippen LogP contribution in [0.25, 0.3) is 10.9 Å². The molecule has 0 fully saturated rings. The number of nitrogens with one attached hydrogen (secondary N) is 1. The summed E-state index contributed by atoms with van der Waals surface area (Å²) in [4.78, 5) is 8.55. The summed E-state index contributed by atoms with van der Waals surface area (Å²) in [5.74, 6) is 0.738. The molecule has 0 saturated heterocycles. The lowest BCUT2D eigenvalue weighted by atomic mass is 10.1. The molecule has 20 heavy (non-hydrogen) atoms. The third kappa shape index (κ3) is 2.45. The minimum absolute atomic E-state index is 0.250. The smallest absolute Gasteiger partial charge is 0.224 e. The zero-order valence-electron chi connectivity index (χ0n) is 11.1. The van der Waals surface area contributed by atoms with Crippen molar-refractivity contribution in [1.29, 1.82) is 0 Å². The third-order valence-electron chi connectivity index (χ3n) is 3.23. The molecule has 1 N–H and O–H groups in total. The molecule has 3 aromatic rings. The molecule has 0 atom stereocenters. The number of hydrogen-bond donors (Lipinski definition) is 1. The Morgan fingerprint density at radius 3 is 2.60 bits per heavy atom. The molecule has 0 spiro atoms. The lowest BCUT2D eigenvalue weighted by Gasteiger charge is -2.12. The van der Waals surface area contributed by atoms with Gasteiger partial charge in [0.05, 0.1) is 5.52 Å². The Morgan fingerprint density at radius 1 is 1.00 bits per heavy atom. The highest BCUT2D eigenvalue weighted by molar-refractivity contribution is 6.28. The minimum atomic E-state index is 0.250. The van der Waals surface area contributed by atoms with Crippen LogP contribution < -0.4 is 5.32 Å². The van der Waals surface area contributed by atoms with Crippen LogP contribution in [0.5, 0.6) is 0 Å². The molecule has 0 saturated carbocycles. The van der Waals surface area contributed by atoms with Gasteiger partial charge in [-0.2, -0.15) is 4.98 Å². The summed E-state index contributed by atoms with van der Waals surface area (Å²) < 4.78 is 0. The highest BCUT2D eigenvalue weighted by atomic mass is 35.5. The number of fused-ring (bicyclic) bond motifs is 1. The molecule has 2 aromatic carbocycles. The van der Waals surface area contributed by atoms with Crippen LogP contribution in [0.1, 0.15) is 12.5 Å². The van der Waals surface area contributed by atoms with Crippen molar-refractivity contribution in [3.63, 3.8) is 0 Å². The second-order valence-electron chi connectivity index (χ2n) is 4.49. The van der Waals surface area contributed by atoms with E-state index in [0.29, 0.717) is 0 Å². The summed E-state index contributed by atoms with van der Waals surface area (Å²) in [5, 5.41) is 4.58. The summed E-state index contributed by atoms with van der Waals surface area (Å²) in [6.45, 7) is 2.13. The molecule has 0 radical (unpaired) electrons. The van der Waals surface area contributed by atoms with Gasteiger partial charge in [0, 0.05) is 11.1 Å². The Kier molecular flexibility index (Phi) is 3.52. The van der Waals surface area contributed by atoms with E-state index in [1.54, 1.807) is 0 Å². The van der Waals surface area contributed by atoms with Gasteiger partial charge < -0.3 is 5.32 Å². The van der Waals surface area contributed by atoms with Crippen LogP contribution >= 0.6 is 11.6 Å². The molecule has 0 aliphatic rings. The molecular weight excluding hydrogens is 270 g/mol. The van der Waals surface area contributed by atoms with Crippen molar-refractivity contribution in [1.82, 2.24) is 9.97 Å². The van der Waals surface area contributed by atoms with Gasteiger partial charge in [-0.1, -0.05) is 37.3 Å². The fraction of sp³-hybridized carbons (Fsp3) is 0.125. The first kappa shape index (κ1) is 12.9. The molecule has 3 rings (SSSR count). The molecule has 100 valence electrons. The predicted octanol–water partition coefficient (Wildman–Crippen LogP) is 4.59. The van der Waals surface area contributed by atoms with E-state index in [1.807, 2.05) is 42.5 Å². The van der Waals surface area contributed by atoms with E-state index in [2.05, 4.69) is 28.3 Å². The van der Waals surface area contributed by atoms with Crippen LogP contribution in [0, 0.1) is 0 Å². The average molecular weight is 284 g/mol. The van der Waals surface area contributed by atoms with Crippen LogP contribution in [-0.4, -0.2) is 9.97 Å². The second kappa shape index (κ2) is 5.47. The Balaban J connectivity index is 2.10. The van der Waals surface area contributed by atoms with Gasteiger partial charge in [0.25, 0.3) is 0 Å². The van der Waals surface area contributed by atoms with Crippen molar-refractivity contribution in [3.05, 3.63) is 59.4 Å². The van der Waals surface area contributed by atoms with E-state index >= 15 is 0 Å². The number of nitrogens with zero attached hydrogens (tertiary/aromatic N) is 2. The Labute approximate surface area is 122 Å². The van der Waals surface area contributed by atoms with Gasteiger partial charge in [0.2, 0.25) is 5.28 Å². The van der Waals surface area contributed by atoms with E-state index in [-0.39, 0.29) is 5.28 Å². The molecule has 1 aromatic heterocycles. The van der Waals surface area contributed by atoms with Gasteiger partial charge in [-0.25, -0.2) is 4.98 Å². The first-order valence-electron chi connectivity index (χ1n) is 6.55. The van der Waals surface area contributed by atoms with Crippen molar-refractivity contribution >= 4 is 34.0 Å². The Hall–Kier alpha value is -2.13. The molecule has 0 amide bonds. The number of aryl methyl sites for hydroxylation is 1. The molecule has 0 bridgehead atoms. The quantitative estimate of drug-likeness (QED) is 0.715. The summed E-state index contributed by atoms with van der Waals surface area (Å²) in [6.07, 6.45) is 0.958. The molecule has 0 aliphatic heterocycles. The van der Waals surface area contributed by atoms with Gasteiger partial charge in [-0.05, 0) is 41.8 Å². The maximum absolute atomic E-state index is 6.00. The maximum Gasteiger partial charge on any atom is 0.224 e. The largest absolute Gasteiger partial charge is 0.339 e. The van der Waals surface area contributed by atoms with E-state index in [9.17, 15) is 0 Å². The van der Waals surface area contributed by atoms with Crippen molar-refractivity contribution in [3.8, 4) is 0 Å². The summed E-state index contributed by atoms with van der Waals surface area (Å²) >= 11 is 6.00. The first-order chi connectivity index (χ1) is 9.78. The van der Waals surface area contributed by atoms with E-state index < -0.39 is 0 Å². The highest BCUT2D eigenvalue weighted by Gasteiger charge is 2.08. The van der Waals surface area contributed by atoms with E-state index in [0.717, 1.165) is 28.8 Å². The van der Waals surface area contributed by atoms with Crippen LogP contribution in [0.2, 0.25) is 5.28 Å². The van der Waals surface area contributed by atoms with Gasteiger partial charge >= 0.3 is 0 Å². The van der Waals surface area contributed by atoms with Crippen molar-refractivity contribution < 1.29 is 0 Å². The van der Waals surface area contributed by atoms with E-state index in [1.165, 1.54) is 5.56 Å². The Morgan fingerprint density at radius 2 is 1.75 bits per heavy atom. The minimum Gasteiger partial charge on any atom is -0.339 e. The number of aromatic nitrogens is 2. The average Bonchev–Trinajstić information content (AvgIpc) is 2.47. The number of anilines is 2. The van der Waals surface area contributed by atoms with Gasteiger partial charge in [-0.15, -0.1) is 0 Å². The molecule has 0 aliphatic carbocycles. The highest BCUT2D eigenvalue weighted by Crippen LogP contribution is 2.26. The topological polar surface area (TPSA) is 37.8 Å².